The molecule has 0 amide bonds. The minimum Gasteiger partial charge on any atom is -0.380 e. The molecule has 0 aromatic heterocycles. The molecule has 2 aromatic rings. The summed E-state index contributed by atoms with van der Waals surface area (Å²) in [6.45, 7) is 7.71. The van der Waals surface area contributed by atoms with Gasteiger partial charge in [-0.15, -0.1) is 11.8 Å². The predicted molar refractivity (Wildman–Crippen MR) is 158 cm³/mol. The summed E-state index contributed by atoms with van der Waals surface area (Å²) < 4.78 is 24.0. The highest BCUT2D eigenvalue weighted by molar-refractivity contribution is 7.98. The Morgan fingerprint density at radius 3 is 1.92 bits per heavy atom. The van der Waals surface area contributed by atoms with Crippen LogP contribution in [0.4, 0.5) is 0 Å². The Kier molecular flexibility index (Phi) is 14.6. The van der Waals surface area contributed by atoms with Crippen molar-refractivity contribution in [2.24, 2.45) is 5.92 Å². The van der Waals surface area contributed by atoms with Crippen LogP contribution in [0.25, 0.3) is 0 Å². The molecule has 0 spiro atoms. The number of thioether (sulfide) groups is 1. The van der Waals surface area contributed by atoms with Crippen LogP contribution in [-0.4, -0.2) is 21.8 Å². The summed E-state index contributed by atoms with van der Waals surface area (Å²) >= 11 is -0.491. The number of benzene rings is 2. The topological polar surface area (TPSA) is 52.6 Å². The zero-order valence-electron chi connectivity index (χ0n) is 23.4. The van der Waals surface area contributed by atoms with E-state index in [0.717, 1.165) is 11.3 Å². The molecule has 2 rings (SSSR count). The molecule has 0 saturated heterocycles. The van der Waals surface area contributed by atoms with Gasteiger partial charge >= 0.3 is 11.4 Å². The first-order valence-electron chi connectivity index (χ1n) is 13.9. The number of carbonyl (C=O) groups excluding carboxylic acids is 1. The highest BCUT2D eigenvalue weighted by Crippen LogP contribution is 2.29. The minimum absolute atomic E-state index is 0.198. The van der Waals surface area contributed by atoms with E-state index in [0.29, 0.717) is 11.3 Å². The second-order valence-corrected chi connectivity index (χ2v) is 11.9. The summed E-state index contributed by atoms with van der Waals surface area (Å²) in [5.41, 5.74) is 0.498. The molecule has 0 fully saturated rings. The van der Waals surface area contributed by atoms with Gasteiger partial charge in [0.1, 0.15) is 5.75 Å². The van der Waals surface area contributed by atoms with Gasteiger partial charge in [-0.3, -0.25) is 4.79 Å². The predicted octanol–water partition coefficient (Wildman–Crippen LogP) is 9.14. The molecule has 6 heteroatoms. The van der Waals surface area contributed by atoms with Crippen LogP contribution in [0, 0.1) is 5.92 Å². The van der Waals surface area contributed by atoms with E-state index in [2.05, 4.69) is 6.92 Å². The van der Waals surface area contributed by atoms with E-state index < -0.39 is 17.0 Å². The normalized spacial score (nSPS) is 13.9. The maximum absolute atomic E-state index is 13.3. The van der Waals surface area contributed by atoms with E-state index >= 15 is 0 Å². The molecule has 0 aliphatic rings. The molecule has 2 atom stereocenters. The van der Waals surface area contributed by atoms with Gasteiger partial charge in [-0.2, -0.15) is 4.21 Å². The third-order valence-corrected chi connectivity index (χ3v) is 8.61. The number of Topliss-reactive ketones (excluding diaryl/α,β-unsaturated/α-hetero) is 1. The van der Waals surface area contributed by atoms with Crippen LogP contribution < -0.4 is 4.18 Å². The highest BCUT2D eigenvalue weighted by Gasteiger charge is 2.41. The molecule has 0 aliphatic heterocycles. The summed E-state index contributed by atoms with van der Waals surface area (Å²) in [5.74, 6) is 0.0585. The first-order chi connectivity index (χ1) is 17.8. The fourth-order valence-electron chi connectivity index (χ4n) is 4.19. The summed E-state index contributed by atoms with van der Waals surface area (Å²) in [4.78, 5) is 14.3. The van der Waals surface area contributed by atoms with Gasteiger partial charge in [-0.25, -0.2) is 4.18 Å². The van der Waals surface area contributed by atoms with Crippen LogP contribution in [0.2, 0.25) is 0 Å². The number of carbonyl (C=O) groups is 1. The van der Waals surface area contributed by atoms with Crippen molar-refractivity contribution in [1.82, 2.24) is 0 Å². The van der Waals surface area contributed by atoms with Crippen LogP contribution in [0.15, 0.2) is 53.4 Å². The average Bonchev–Trinajstić information content (AvgIpc) is 2.90. The van der Waals surface area contributed by atoms with Gasteiger partial charge in [0, 0.05) is 10.5 Å². The molecule has 2 unspecified atom stereocenters. The first-order valence-corrected chi connectivity index (χ1v) is 16.1. The van der Waals surface area contributed by atoms with Crippen molar-refractivity contribution in [2.75, 3.05) is 6.26 Å². The van der Waals surface area contributed by atoms with E-state index in [1.165, 1.54) is 69.8 Å². The standard InChI is InChI=1S/C31H46O4S2/c1-6-7-8-9-10-11-12-13-14-15-16-26-17-21-28(22-18-26)34-37(33)35-31(4,25(2)3)30(32)27-19-23-29(36-5)24-20-27/h17-25H,6-16H2,1-5H3. The number of hydrogen-bond donors (Lipinski definition) is 0. The van der Waals surface area contributed by atoms with Crippen LogP contribution in [-0.2, 0) is 22.0 Å². The molecule has 206 valence electrons. The smallest absolute Gasteiger partial charge is 0.361 e. The van der Waals surface area contributed by atoms with E-state index in [1.54, 1.807) is 30.8 Å². The Bertz CT molecular complexity index is 941. The second-order valence-electron chi connectivity index (χ2n) is 10.3. The minimum atomic E-state index is -2.11. The van der Waals surface area contributed by atoms with Crippen LogP contribution >= 0.6 is 11.8 Å². The lowest BCUT2D eigenvalue weighted by molar-refractivity contribution is 0.0351. The Labute approximate surface area is 232 Å². The van der Waals surface area contributed by atoms with Gasteiger partial charge in [-0.1, -0.05) is 103 Å². The lowest BCUT2D eigenvalue weighted by atomic mass is 9.85. The van der Waals surface area contributed by atoms with Gasteiger partial charge in [0.25, 0.3) is 0 Å². The van der Waals surface area contributed by atoms with Gasteiger partial charge in [0.15, 0.2) is 11.4 Å². The van der Waals surface area contributed by atoms with Gasteiger partial charge in [0.2, 0.25) is 0 Å². The fraction of sp³-hybridized carbons (Fsp3) is 0.581. The number of rotatable bonds is 19. The van der Waals surface area contributed by atoms with Crippen LogP contribution in [0.1, 0.15) is 108 Å². The van der Waals surface area contributed by atoms with Crippen molar-refractivity contribution in [3.63, 3.8) is 0 Å². The second kappa shape index (κ2) is 17.1. The van der Waals surface area contributed by atoms with E-state index in [4.69, 9.17) is 8.37 Å². The monoisotopic (exact) mass is 546 g/mol. The SMILES string of the molecule is CCCCCCCCCCCCc1ccc(OS(=O)OC(C)(C(=O)c2ccc(SC)cc2)C(C)C)cc1. The van der Waals surface area contributed by atoms with Crippen molar-refractivity contribution in [2.45, 2.75) is 109 Å². The Balaban J connectivity index is 1.78. The van der Waals surface area contributed by atoms with E-state index in [1.807, 2.05) is 56.5 Å². The van der Waals surface area contributed by atoms with Crippen molar-refractivity contribution in [3.05, 3.63) is 59.7 Å². The zero-order valence-corrected chi connectivity index (χ0v) is 25.1. The maximum atomic E-state index is 13.3. The van der Waals surface area contributed by atoms with Crippen LogP contribution in [0.3, 0.4) is 0 Å². The quantitative estimate of drug-likeness (QED) is 0.0999. The molecule has 2 aromatic carbocycles. The summed E-state index contributed by atoms with van der Waals surface area (Å²) in [7, 11) is 0. The molecule has 0 radical (unpaired) electrons. The molecule has 0 heterocycles. The number of unbranched alkanes of at least 4 members (excludes halogenated alkanes) is 9. The Morgan fingerprint density at radius 2 is 1.41 bits per heavy atom. The Morgan fingerprint density at radius 1 is 0.865 bits per heavy atom. The van der Waals surface area contributed by atoms with E-state index in [-0.39, 0.29) is 11.7 Å². The number of hydrogen-bond acceptors (Lipinski definition) is 5. The average molecular weight is 547 g/mol. The summed E-state index contributed by atoms with van der Waals surface area (Å²) in [6.07, 6.45) is 16.3. The van der Waals surface area contributed by atoms with Crippen molar-refractivity contribution < 1.29 is 17.4 Å². The van der Waals surface area contributed by atoms with Crippen molar-refractivity contribution in [3.8, 4) is 5.75 Å². The molecule has 0 aliphatic carbocycles. The molecule has 4 nitrogen and oxygen atoms in total. The Hall–Kier alpha value is -1.63. The molecule has 0 N–H and O–H groups in total. The van der Waals surface area contributed by atoms with Gasteiger partial charge in [-0.05, 0) is 61.8 Å². The van der Waals surface area contributed by atoms with E-state index in [9.17, 15) is 9.00 Å². The summed E-state index contributed by atoms with van der Waals surface area (Å²) in [5, 5.41) is 0. The number of aryl methyl sites for hydroxylation is 1. The van der Waals surface area contributed by atoms with Crippen LogP contribution in [0.5, 0.6) is 5.75 Å². The fourth-order valence-corrected chi connectivity index (χ4v) is 5.45. The largest absolute Gasteiger partial charge is 0.380 e. The summed E-state index contributed by atoms with van der Waals surface area (Å²) in [6, 6.07) is 15.1. The third kappa shape index (κ3) is 10.9. The molecular formula is C31H46O4S2. The lowest BCUT2D eigenvalue weighted by Gasteiger charge is -2.30. The highest BCUT2D eigenvalue weighted by atomic mass is 32.2. The molecule has 0 saturated carbocycles. The molecule has 0 bridgehead atoms. The van der Waals surface area contributed by atoms with Crippen molar-refractivity contribution in [1.29, 1.82) is 0 Å². The molecular weight excluding hydrogens is 500 g/mol. The molecule has 37 heavy (non-hydrogen) atoms. The maximum Gasteiger partial charge on any atom is 0.361 e. The zero-order chi connectivity index (χ0) is 27.1. The van der Waals surface area contributed by atoms with Gasteiger partial charge < -0.3 is 4.18 Å². The number of ketones is 1. The van der Waals surface area contributed by atoms with Crippen molar-refractivity contribution >= 4 is 28.9 Å². The van der Waals surface area contributed by atoms with Gasteiger partial charge in [0.05, 0.1) is 0 Å². The third-order valence-electron chi connectivity index (χ3n) is 7.05. The lowest BCUT2D eigenvalue weighted by Crippen LogP contribution is -2.44. The first kappa shape index (κ1) is 31.6.